The first kappa shape index (κ1) is 17.8. The monoisotopic (exact) mass is 336 g/mol. The maximum atomic E-state index is 5.55. The smallest absolute Gasteiger partial charge is 0.123 e. The average Bonchev–Trinajstić information content (AvgIpc) is 3.03. The zero-order chi connectivity index (χ0) is 15.4. The van der Waals surface area contributed by atoms with Crippen LogP contribution in [0.5, 0.6) is 5.75 Å². The van der Waals surface area contributed by atoms with Crippen molar-refractivity contribution >= 4 is 12.4 Å². The van der Waals surface area contributed by atoms with Crippen LogP contribution in [0.15, 0.2) is 36.7 Å². The van der Waals surface area contributed by atoms with Crippen molar-refractivity contribution in [2.45, 2.75) is 26.1 Å². The fourth-order valence-corrected chi connectivity index (χ4v) is 3.08. The first-order chi connectivity index (χ1) is 10.8. The topological polar surface area (TPSA) is 42.3 Å². The Morgan fingerprint density at radius 3 is 2.91 bits per heavy atom. The number of piperazine rings is 1. The molecule has 5 nitrogen and oxygen atoms in total. The Hall–Kier alpha value is -1.56. The van der Waals surface area contributed by atoms with Crippen molar-refractivity contribution in [1.29, 1.82) is 0 Å². The van der Waals surface area contributed by atoms with E-state index in [0.29, 0.717) is 6.04 Å². The van der Waals surface area contributed by atoms with Gasteiger partial charge in [-0.3, -0.25) is 9.58 Å². The van der Waals surface area contributed by atoms with Crippen molar-refractivity contribution in [3.05, 3.63) is 47.8 Å². The van der Waals surface area contributed by atoms with E-state index in [1.54, 1.807) is 7.11 Å². The lowest BCUT2D eigenvalue weighted by atomic mass is 10.0. The van der Waals surface area contributed by atoms with Gasteiger partial charge < -0.3 is 10.1 Å². The SMILES string of the molecule is CCn1cc(CN2CCNCC2c2ccccc2OC)cn1.Cl. The van der Waals surface area contributed by atoms with E-state index in [4.69, 9.17) is 4.74 Å². The number of aryl methyl sites for hydroxylation is 1. The van der Waals surface area contributed by atoms with Crippen LogP contribution in [0.25, 0.3) is 0 Å². The lowest BCUT2D eigenvalue weighted by Gasteiger charge is -2.36. The predicted octanol–water partition coefficient (Wildman–Crippen LogP) is 2.48. The van der Waals surface area contributed by atoms with Gasteiger partial charge in [0.2, 0.25) is 0 Å². The molecule has 1 aromatic carbocycles. The molecule has 1 aliphatic rings. The fourth-order valence-electron chi connectivity index (χ4n) is 3.08. The second-order valence-corrected chi connectivity index (χ2v) is 5.64. The number of methoxy groups -OCH3 is 1. The van der Waals surface area contributed by atoms with Crippen LogP contribution in [0.1, 0.15) is 24.1 Å². The number of hydrogen-bond donors (Lipinski definition) is 1. The van der Waals surface area contributed by atoms with Crippen LogP contribution in [0.2, 0.25) is 0 Å². The summed E-state index contributed by atoms with van der Waals surface area (Å²) in [7, 11) is 1.74. The second kappa shape index (κ2) is 8.34. The van der Waals surface area contributed by atoms with Gasteiger partial charge in [0, 0.05) is 50.0 Å². The molecule has 1 N–H and O–H groups in total. The summed E-state index contributed by atoms with van der Waals surface area (Å²) < 4.78 is 7.53. The van der Waals surface area contributed by atoms with Gasteiger partial charge in [-0.2, -0.15) is 5.10 Å². The highest BCUT2D eigenvalue weighted by molar-refractivity contribution is 5.85. The molecule has 1 fully saturated rings. The molecule has 0 amide bonds. The minimum Gasteiger partial charge on any atom is -0.496 e. The van der Waals surface area contributed by atoms with Crippen molar-refractivity contribution in [2.24, 2.45) is 0 Å². The Balaban J connectivity index is 0.00000192. The molecule has 0 radical (unpaired) electrons. The molecule has 3 rings (SSSR count). The summed E-state index contributed by atoms with van der Waals surface area (Å²) >= 11 is 0. The highest BCUT2D eigenvalue weighted by atomic mass is 35.5. The van der Waals surface area contributed by atoms with Crippen LogP contribution in [0, 0.1) is 0 Å². The molecule has 0 saturated carbocycles. The highest BCUT2D eigenvalue weighted by Crippen LogP contribution is 2.30. The quantitative estimate of drug-likeness (QED) is 0.911. The molecular formula is C17H25ClN4O. The van der Waals surface area contributed by atoms with Crippen molar-refractivity contribution in [3.8, 4) is 5.75 Å². The van der Waals surface area contributed by atoms with Crippen LogP contribution in [-0.4, -0.2) is 41.4 Å². The molecular weight excluding hydrogens is 312 g/mol. The highest BCUT2D eigenvalue weighted by Gasteiger charge is 2.26. The van der Waals surface area contributed by atoms with E-state index in [0.717, 1.165) is 38.5 Å². The lowest BCUT2D eigenvalue weighted by molar-refractivity contribution is 0.151. The number of rotatable bonds is 5. The number of benzene rings is 1. The molecule has 1 atom stereocenters. The molecule has 1 saturated heterocycles. The number of ether oxygens (including phenoxy) is 1. The third kappa shape index (κ3) is 4.05. The summed E-state index contributed by atoms with van der Waals surface area (Å²) in [6, 6.07) is 8.64. The average molecular weight is 337 g/mol. The molecule has 1 aliphatic heterocycles. The zero-order valence-electron chi connectivity index (χ0n) is 13.7. The Morgan fingerprint density at radius 1 is 1.35 bits per heavy atom. The third-order valence-electron chi connectivity index (χ3n) is 4.25. The fraction of sp³-hybridized carbons (Fsp3) is 0.471. The maximum absolute atomic E-state index is 5.55. The van der Waals surface area contributed by atoms with Crippen LogP contribution in [0.4, 0.5) is 0 Å². The van der Waals surface area contributed by atoms with Gasteiger partial charge >= 0.3 is 0 Å². The van der Waals surface area contributed by atoms with Gasteiger partial charge in [-0.25, -0.2) is 0 Å². The summed E-state index contributed by atoms with van der Waals surface area (Å²) in [6.45, 7) is 6.94. The zero-order valence-corrected chi connectivity index (χ0v) is 14.6. The van der Waals surface area contributed by atoms with Gasteiger partial charge in [-0.05, 0) is 13.0 Å². The largest absolute Gasteiger partial charge is 0.496 e. The van der Waals surface area contributed by atoms with Crippen molar-refractivity contribution < 1.29 is 4.74 Å². The summed E-state index contributed by atoms with van der Waals surface area (Å²) in [5.41, 5.74) is 2.52. The Morgan fingerprint density at radius 2 is 2.17 bits per heavy atom. The van der Waals surface area contributed by atoms with Crippen LogP contribution in [-0.2, 0) is 13.1 Å². The molecule has 2 heterocycles. The number of nitrogens with zero attached hydrogens (tertiary/aromatic N) is 3. The number of para-hydroxylation sites is 1. The molecule has 23 heavy (non-hydrogen) atoms. The van der Waals surface area contributed by atoms with E-state index in [2.05, 4.69) is 40.6 Å². The first-order valence-electron chi connectivity index (χ1n) is 7.91. The van der Waals surface area contributed by atoms with Crippen molar-refractivity contribution in [3.63, 3.8) is 0 Å². The van der Waals surface area contributed by atoms with Crippen LogP contribution >= 0.6 is 12.4 Å². The van der Waals surface area contributed by atoms with E-state index in [-0.39, 0.29) is 12.4 Å². The molecule has 126 valence electrons. The van der Waals surface area contributed by atoms with Gasteiger partial charge in [0.15, 0.2) is 0 Å². The van der Waals surface area contributed by atoms with Crippen LogP contribution in [0.3, 0.4) is 0 Å². The normalized spacial score (nSPS) is 18.4. The van der Waals surface area contributed by atoms with Gasteiger partial charge in [-0.15, -0.1) is 12.4 Å². The third-order valence-corrected chi connectivity index (χ3v) is 4.25. The lowest BCUT2D eigenvalue weighted by Crippen LogP contribution is -2.45. The second-order valence-electron chi connectivity index (χ2n) is 5.64. The molecule has 0 bridgehead atoms. The first-order valence-corrected chi connectivity index (χ1v) is 7.91. The van der Waals surface area contributed by atoms with Gasteiger partial charge in [0.25, 0.3) is 0 Å². The van der Waals surface area contributed by atoms with Crippen molar-refractivity contribution in [2.75, 3.05) is 26.7 Å². The van der Waals surface area contributed by atoms with Gasteiger partial charge in [0.05, 0.1) is 19.3 Å². The summed E-state index contributed by atoms with van der Waals surface area (Å²) in [5, 5.41) is 7.88. The van der Waals surface area contributed by atoms with Gasteiger partial charge in [0.1, 0.15) is 5.75 Å². The minimum absolute atomic E-state index is 0. The summed E-state index contributed by atoms with van der Waals surface area (Å²) in [4.78, 5) is 2.51. The molecule has 0 spiro atoms. The molecule has 2 aromatic rings. The van der Waals surface area contributed by atoms with Crippen molar-refractivity contribution in [1.82, 2.24) is 20.0 Å². The Labute approximate surface area is 144 Å². The molecule has 0 aliphatic carbocycles. The molecule has 1 aromatic heterocycles. The minimum atomic E-state index is 0. The van der Waals surface area contributed by atoms with Gasteiger partial charge in [-0.1, -0.05) is 18.2 Å². The molecule has 6 heteroatoms. The molecule has 1 unspecified atom stereocenters. The number of nitrogens with one attached hydrogen (secondary N) is 1. The van der Waals surface area contributed by atoms with E-state index in [9.17, 15) is 0 Å². The van der Waals surface area contributed by atoms with E-state index >= 15 is 0 Å². The number of aromatic nitrogens is 2. The summed E-state index contributed by atoms with van der Waals surface area (Å²) in [6.07, 6.45) is 4.12. The number of halogens is 1. The standard InChI is InChI=1S/C17H24N4O.ClH/c1-3-21-13-14(10-19-21)12-20-9-8-18-11-16(20)15-6-4-5-7-17(15)22-2;/h4-7,10,13,16,18H,3,8-9,11-12H2,1-2H3;1H. The maximum Gasteiger partial charge on any atom is 0.123 e. The number of hydrogen-bond acceptors (Lipinski definition) is 4. The van der Waals surface area contributed by atoms with Crippen LogP contribution < -0.4 is 10.1 Å². The van der Waals surface area contributed by atoms with E-state index < -0.39 is 0 Å². The van der Waals surface area contributed by atoms with E-state index in [1.807, 2.05) is 23.0 Å². The summed E-state index contributed by atoms with van der Waals surface area (Å²) in [5.74, 6) is 0.963. The Bertz CT molecular complexity index is 616. The Kier molecular flexibility index (Phi) is 6.45. The van der Waals surface area contributed by atoms with E-state index in [1.165, 1.54) is 11.1 Å². The predicted molar refractivity (Wildman–Crippen MR) is 94.2 cm³/mol.